The summed E-state index contributed by atoms with van der Waals surface area (Å²) in [5.41, 5.74) is 3.05. The average molecular weight is 299 g/mol. The predicted molar refractivity (Wildman–Crippen MR) is 85.6 cm³/mol. The second-order valence-electron chi connectivity index (χ2n) is 7.19. The molecule has 1 amide bonds. The zero-order chi connectivity index (χ0) is 15.0. The van der Waals surface area contributed by atoms with Crippen molar-refractivity contribution in [1.82, 2.24) is 4.90 Å². The maximum Gasteiger partial charge on any atom is 0.252 e. The Morgan fingerprint density at radius 3 is 2.73 bits per heavy atom. The topological polar surface area (TPSA) is 29.5 Å². The number of carbonyl (C=O) groups excluding carboxylic acids is 1. The lowest BCUT2D eigenvalue weighted by atomic mass is 9.66. The van der Waals surface area contributed by atoms with Crippen molar-refractivity contribution in [2.45, 2.75) is 63.0 Å². The van der Waals surface area contributed by atoms with E-state index in [0.717, 1.165) is 32.5 Å². The quantitative estimate of drug-likeness (QED) is 0.795. The van der Waals surface area contributed by atoms with Gasteiger partial charge < -0.3 is 9.64 Å². The summed E-state index contributed by atoms with van der Waals surface area (Å²) in [7, 11) is 0. The molecule has 1 spiro atoms. The van der Waals surface area contributed by atoms with E-state index >= 15 is 0 Å². The van der Waals surface area contributed by atoms with Crippen LogP contribution < -0.4 is 0 Å². The highest BCUT2D eigenvalue weighted by molar-refractivity contribution is 5.81. The zero-order valence-corrected chi connectivity index (χ0v) is 13.2. The lowest BCUT2D eigenvalue weighted by Crippen LogP contribution is -2.51. The third kappa shape index (κ3) is 2.36. The number of fused-ring (bicyclic) bond motifs is 2. The van der Waals surface area contributed by atoms with Gasteiger partial charge in [-0.1, -0.05) is 43.5 Å². The van der Waals surface area contributed by atoms with E-state index in [-0.39, 0.29) is 17.4 Å². The SMILES string of the molecule is O=C(C1CCCO1)N1Cc2ccccc2C2(CCCCC2)C1. The molecule has 0 bridgehead atoms. The number of amides is 1. The molecule has 2 fully saturated rings. The molecule has 3 nitrogen and oxygen atoms in total. The number of ether oxygens (including phenoxy) is 1. The average Bonchev–Trinajstić information content (AvgIpc) is 3.09. The van der Waals surface area contributed by atoms with Crippen LogP contribution in [0.15, 0.2) is 24.3 Å². The molecular formula is C19H25NO2. The van der Waals surface area contributed by atoms with Crippen molar-refractivity contribution in [3.8, 4) is 0 Å². The van der Waals surface area contributed by atoms with Crippen LogP contribution in [0.1, 0.15) is 56.1 Å². The van der Waals surface area contributed by atoms with E-state index in [9.17, 15) is 4.79 Å². The van der Waals surface area contributed by atoms with Gasteiger partial charge in [0.25, 0.3) is 5.91 Å². The van der Waals surface area contributed by atoms with E-state index in [0.29, 0.717) is 0 Å². The maximum atomic E-state index is 12.8. The standard InChI is InChI=1S/C19H25NO2/c21-18(17-9-6-12-22-17)20-13-15-7-2-3-8-16(15)19(14-20)10-4-1-5-11-19/h2-3,7-8,17H,1,4-6,9-14H2. The highest BCUT2D eigenvalue weighted by Crippen LogP contribution is 2.44. The van der Waals surface area contributed by atoms with Crippen LogP contribution in [0.2, 0.25) is 0 Å². The van der Waals surface area contributed by atoms with Gasteiger partial charge in [0.15, 0.2) is 0 Å². The van der Waals surface area contributed by atoms with Gasteiger partial charge in [-0.05, 0) is 36.8 Å². The van der Waals surface area contributed by atoms with Crippen LogP contribution in [0, 0.1) is 0 Å². The summed E-state index contributed by atoms with van der Waals surface area (Å²) >= 11 is 0. The van der Waals surface area contributed by atoms with Crippen molar-refractivity contribution in [1.29, 1.82) is 0 Å². The predicted octanol–water partition coefficient (Wildman–Crippen LogP) is 3.41. The first-order valence-corrected chi connectivity index (χ1v) is 8.77. The monoisotopic (exact) mass is 299 g/mol. The Bertz CT molecular complexity index is 556. The first-order chi connectivity index (χ1) is 10.8. The smallest absolute Gasteiger partial charge is 0.252 e. The Morgan fingerprint density at radius 2 is 1.95 bits per heavy atom. The molecule has 1 saturated carbocycles. The fourth-order valence-electron chi connectivity index (χ4n) is 4.68. The third-order valence-electron chi connectivity index (χ3n) is 5.77. The minimum atomic E-state index is -0.189. The maximum absolute atomic E-state index is 12.8. The van der Waals surface area contributed by atoms with Gasteiger partial charge in [0.1, 0.15) is 6.10 Å². The highest BCUT2D eigenvalue weighted by atomic mass is 16.5. The summed E-state index contributed by atoms with van der Waals surface area (Å²) in [4.78, 5) is 14.9. The Hall–Kier alpha value is -1.35. The van der Waals surface area contributed by atoms with Gasteiger partial charge >= 0.3 is 0 Å². The van der Waals surface area contributed by atoms with Gasteiger partial charge in [0.05, 0.1) is 0 Å². The molecule has 1 aromatic rings. The molecule has 0 N–H and O–H groups in total. The molecule has 1 saturated heterocycles. The first-order valence-electron chi connectivity index (χ1n) is 8.77. The van der Waals surface area contributed by atoms with Crippen LogP contribution >= 0.6 is 0 Å². The molecule has 3 aliphatic rings. The lowest BCUT2D eigenvalue weighted by molar-refractivity contribution is -0.143. The minimum absolute atomic E-state index is 0.189. The van der Waals surface area contributed by atoms with E-state index in [1.165, 1.54) is 43.2 Å². The number of hydrogen-bond acceptors (Lipinski definition) is 2. The molecule has 0 aromatic heterocycles. The summed E-state index contributed by atoms with van der Waals surface area (Å²) in [5.74, 6) is 0.219. The van der Waals surface area contributed by atoms with Gasteiger partial charge in [-0.2, -0.15) is 0 Å². The molecule has 2 heterocycles. The van der Waals surface area contributed by atoms with Crippen molar-refractivity contribution >= 4 is 5.91 Å². The lowest BCUT2D eigenvalue weighted by Gasteiger charge is -2.47. The molecule has 1 unspecified atom stereocenters. The van der Waals surface area contributed by atoms with Crippen LogP contribution in [-0.4, -0.2) is 30.1 Å². The fourth-order valence-corrected chi connectivity index (χ4v) is 4.68. The van der Waals surface area contributed by atoms with E-state index in [1.54, 1.807) is 0 Å². The van der Waals surface area contributed by atoms with Crippen molar-refractivity contribution in [2.75, 3.05) is 13.2 Å². The van der Waals surface area contributed by atoms with Crippen LogP contribution in [-0.2, 0) is 21.5 Å². The highest BCUT2D eigenvalue weighted by Gasteiger charge is 2.43. The number of nitrogens with zero attached hydrogens (tertiary/aromatic N) is 1. The van der Waals surface area contributed by atoms with E-state index < -0.39 is 0 Å². The summed E-state index contributed by atoms with van der Waals surface area (Å²) in [6.07, 6.45) is 8.08. The Kier molecular flexibility index (Phi) is 3.69. The second kappa shape index (κ2) is 5.69. The molecule has 22 heavy (non-hydrogen) atoms. The van der Waals surface area contributed by atoms with Crippen molar-refractivity contribution < 1.29 is 9.53 Å². The first kappa shape index (κ1) is 14.3. The Labute approximate surface area is 132 Å². The molecular weight excluding hydrogens is 274 g/mol. The van der Waals surface area contributed by atoms with Gasteiger partial charge in [0.2, 0.25) is 0 Å². The Morgan fingerprint density at radius 1 is 1.14 bits per heavy atom. The molecule has 4 rings (SSSR count). The summed E-state index contributed by atoms with van der Waals surface area (Å²) < 4.78 is 5.64. The van der Waals surface area contributed by atoms with E-state index in [1.807, 2.05) is 0 Å². The summed E-state index contributed by atoms with van der Waals surface area (Å²) in [5, 5.41) is 0. The van der Waals surface area contributed by atoms with Crippen LogP contribution in [0.3, 0.4) is 0 Å². The summed E-state index contributed by atoms with van der Waals surface area (Å²) in [6, 6.07) is 8.78. The number of carbonyl (C=O) groups is 1. The molecule has 1 aliphatic carbocycles. The zero-order valence-electron chi connectivity index (χ0n) is 13.2. The van der Waals surface area contributed by atoms with Crippen LogP contribution in [0.4, 0.5) is 0 Å². The van der Waals surface area contributed by atoms with Gasteiger partial charge in [-0.3, -0.25) is 4.79 Å². The van der Waals surface area contributed by atoms with Gasteiger partial charge in [0, 0.05) is 25.1 Å². The van der Waals surface area contributed by atoms with Crippen LogP contribution in [0.5, 0.6) is 0 Å². The van der Waals surface area contributed by atoms with Crippen LogP contribution in [0.25, 0.3) is 0 Å². The molecule has 3 heteroatoms. The van der Waals surface area contributed by atoms with Crippen molar-refractivity contribution in [3.05, 3.63) is 35.4 Å². The molecule has 2 aliphatic heterocycles. The number of rotatable bonds is 1. The molecule has 118 valence electrons. The number of benzene rings is 1. The van der Waals surface area contributed by atoms with Crippen molar-refractivity contribution in [2.24, 2.45) is 0 Å². The molecule has 0 radical (unpaired) electrons. The second-order valence-corrected chi connectivity index (χ2v) is 7.19. The normalized spacial score (nSPS) is 26.9. The fraction of sp³-hybridized carbons (Fsp3) is 0.632. The summed E-state index contributed by atoms with van der Waals surface area (Å²) in [6.45, 7) is 2.39. The van der Waals surface area contributed by atoms with Gasteiger partial charge in [-0.25, -0.2) is 0 Å². The number of hydrogen-bond donors (Lipinski definition) is 0. The van der Waals surface area contributed by atoms with Gasteiger partial charge in [-0.15, -0.1) is 0 Å². The van der Waals surface area contributed by atoms with E-state index in [4.69, 9.17) is 4.74 Å². The van der Waals surface area contributed by atoms with E-state index in [2.05, 4.69) is 29.2 Å². The third-order valence-corrected chi connectivity index (χ3v) is 5.77. The molecule has 1 atom stereocenters. The van der Waals surface area contributed by atoms with Crippen molar-refractivity contribution in [3.63, 3.8) is 0 Å². The minimum Gasteiger partial charge on any atom is -0.368 e. The Balaban J connectivity index is 1.65. The largest absolute Gasteiger partial charge is 0.368 e. The molecule has 1 aromatic carbocycles.